The first kappa shape index (κ1) is 23.8. The molecule has 1 aromatic carbocycles. The van der Waals surface area contributed by atoms with Crippen LogP contribution in [0.3, 0.4) is 0 Å². The minimum atomic E-state index is -0.978. The predicted molar refractivity (Wildman–Crippen MR) is 133 cm³/mol. The van der Waals surface area contributed by atoms with E-state index in [4.69, 9.17) is 9.63 Å². The van der Waals surface area contributed by atoms with Crippen LogP contribution < -0.4 is 4.90 Å². The first-order chi connectivity index (χ1) is 16.9. The molecule has 7 nitrogen and oxygen atoms in total. The zero-order valence-corrected chi connectivity index (χ0v) is 20.5. The molecule has 6 rings (SSSR count). The Morgan fingerprint density at radius 2 is 1.83 bits per heavy atom. The molecule has 0 atom stereocenters. The Morgan fingerprint density at radius 1 is 1.11 bits per heavy atom. The van der Waals surface area contributed by atoms with Gasteiger partial charge in [-0.05, 0) is 80.6 Å². The average molecular weight is 478 g/mol. The van der Waals surface area contributed by atoms with Crippen LogP contribution in [0.15, 0.2) is 34.9 Å². The molecule has 0 unspecified atom stereocenters. The molecule has 4 aliphatic carbocycles. The number of anilines is 1. The molecule has 4 fully saturated rings. The summed E-state index contributed by atoms with van der Waals surface area (Å²) < 4.78 is 5.30. The van der Waals surface area contributed by atoms with Crippen LogP contribution in [-0.2, 0) is 15.0 Å². The highest BCUT2D eigenvalue weighted by Gasteiger charge is 2.52. The molecular formula is C28H35N3O4. The van der Waals surface area contributed by atoms with Crippen molar-refractivity contribution in [2.24, 2.45) is 11.3 Å². The summed E-state index contributed by atoms with van der Waals surface area (Å²) in [7, 11) is 0. The number of fused-ring (bicyclic) bond motifs is 3. The number of hydrogen-bond acceptors (Lipinski definition) is 5. The van der Waals surface area contributed by atoms with Crippen molar-refractivity contribution < 1.29 is 19.2 Å². The lowest BCUT2D eigenvalue weighted by atomic mass is 9.53. The van der Waals surface area contributed by atoms with E-state index in [0.717, 1.165) is 93.9 Å². The maximum atomic E-state index is 13.9. The van der Waals surface area contributed by atoms with Crippen molar-refractivity contribution in [3.05, 3.63) is 47.6 Å². The Morgan fingerprint density at radius 3 is 2.46 bits per heavy atom. The van der Waals surface area contributed by atoms with Gasteiger partial charge in [0.25, 0.3) is 0 Å². The number of carbonyl (C=O) groups is 2. The Bertz CT molecular complexity index is 1090. The summed E-state index contributed by atoms with van der Waals surface area (Å²) in [6.07, 6.45) is 14.3. The molecule has 2 bridgehead atoms. The fourth-order valence-corrected chi connectivity index (χ4v) is 6.52. The maximum Gasteiger partial charge on any atom is 0.328 e. The third kappa shape index (κ3) is 4.91. The summed E-state index contributed by atoms with van der Waals surface area (Å²) in [6.45, 7) is 2.56. The Hall–Kier alpha value is -2.96. The lowest BCUT2D eigenvalue weighted by molar-refractivity contribution is -0.131. The number of aliphatic carboxylic acids is 1. The Labute approximate surface area is 206 Å². The number of aryl methyl sites for hydroxylation is 1. The minimum absolute atomic E-state index is 0.0132. The molecule has 0 aliphatic heterocycles. The fourth-order valence-electron chi connectivity index (χ4n) is 6.52. The normalized spacial score (nSPS) is 26.8. The smallest absolute Gasteiger partial charge is 0.328 e. The molecule has 1 heterocycles. The number of hydrogen-bond donors (Lipinski definition) is 1. The van der Waals surface area contributed by atoms with E-state index in [0.29, 0.717) is 5.89 Å². The zero-order valence-electron chi connectivity index (χ0n) is 20.5. The van der Waals surface area contributed by atoms with Gasteiger partial charge in [0.15, 0.2) is 5.82 Å². The van der Waals surface area contributed by atoms with E-state index < -0.39 is 5.97 Å². The van der Waals surface area contributed by atoms with Gasteiger partial charge in [0, 0.05) is 36.6 Å². The van der Waals surface area contributed by atoms with Gasteiger partial charge in [-0.3, -0.25) is 4.79 Å². The SMILES string of the molecule is Cc1nc(C23CCC(CN(C(=O)C4CCCCC4)c4cccc(/C=C/C(=O)O)c4)(CC2)CC3)no1. The first-order valence-electron chi connectivity index (χ1n) is 13.0. The molecule has 7 heteroatoms. The molecule has 2 aromatic rings. The largest absolute Gasteiger partial charge is 0.478 e. The van der Waals surface area contributed by atoms with E-state index in [1.54, 1.807) is 6.08 Å². The van der Waals surface area contributed by atoms with Crippen LogP contribution >= 0.6 is 0 Å². The molecule has 0 radical (unpaired) electrons. The van der Waals surface area contributed by atoms with Crippen LogP contribution in [0.1, 0.15) is 87.9 Å². The highest BCUT2D eigenvalue weighted by molar-refractivity contribution is 5.95. The fraction of sp³-hybridized carbons (Fsp3) is 0.571. The first-order valence-corrected chi connectivity index (χ1v) is 13.0. The topological polar surface area (TPSA) is 96.5 Å². The second kappa shape index (κ2) is 9.59. The van der Waals surface area contributed by atoms with Gasteiger partial charge in [0.1, 0.15) is 0 Å². The zero-order chi connectivity index (χ0) is 24.5. The molecule has 4 aliphatic rings. The van der Waals surface area contributed by atoms with Crippen molar-refractivity contribution >= 4 is 23.6 Å². The van der Waals surface area contributed by atoms with Crippen LogP contribution in [0.4, 0.5) is 5.69 Å². The van der Waals surface area contributed by atoms with Gasteiger partial charge in [-0.15, -0.1) is 0 Å². The van der Waals surface area contributed by atoms with E-state index in [9.17, 15) is 9.59 Å². The number of aromatic nitrogens is 2. The quantitative estimate of drug-likeness (QED) is 0.515. The van der Waals surface area contributed by atoms with Gasteiger partial charge >= 0.3 is 5.97 Å². The van der Waals surface area contributed by atoms with Crippen molar-refractivity contribution in [2.75, 3.05) is 11.4 Å². The average Bonchev–Trinajstić information content (AvgIpc) is 3.34. The standard InChI is InChI=1S/C28H35N3O4/c1-20-29-26(30-35-20)28-15-12-27(13-16-28,14-17-28)19-31(25(34)22-7-3-2-4-8-22)23-9-5-6-21(18-23)10-11-24(32)33/h5-6,9-11,18,22H,2-4,7-8,12-17,19H2,1H3,(H,32,33)/b11-10+. The summed E-state index contributed by atoms with van der Waals surface area (Å²) in [5.74, 6) is 0.810. The van der Waals surface area contributed by atoms with E-state index in [1.807, 2.05) is 36.1 Å². The third-order valence-electron chi connectivity index (χ3n) is 8.72. The summed E-state index contributed by atoms with van der Waals surface area (Å²) in [4.78, 5) is 31.5. The van der Waals surface area contributed by atoms with Crippen LogP contribution in [0.5, 0.6) is 0 Å². The number of carbonyl (C=O) groups excluding carboxylic acids is 1. The van der Waals surface area contributed by atoms with Crippen LogP contribution in [0.25, 0.3) is 6.08 Å². The van der Waals surface area contributed by atoms with Crippen molar-refractivity contribution in [3.63, 3.8) is 0 Å². The van der Waals surface area contributed by atoms with Gasteiger partial charge in [-0.2, -0.15) is 4.98 Å². The summed E-state index contributed by atoms with van der Waals surface area (Å²) in [5.41, 5.74) is 1.78. The van der Waals surface area contributed by atoms with Gasteiger partial charge in [0.05, 0.1) is 0 Å². The van der Waals surface area contributed by atoms with E-state index in [1.165, 1.54) is 6.42 Å². The Balaban J connectivity index is 1.40. The lowest BCUT2D eigenvalue weighted by Crippen LogP contribution is -2.52. The third-order valence-corrected chi connectivity index (χ3v) is 8.72. The number of carboxylic acids is 1. The number of amides is 1. The van der Waals surface area contributed by atoms with Gasteiger partial charge in [0.2, 0.25) is 11.8 Å². The van der Waals surface area contributed by atoms with Crippen molar-refractivity contribution in [2.45, 2.75) is 83.0 Å². The van der Waals surface area contributed by atoms with E-state index in [-0.39, 0.29) is 22.7 Å². The summed E-state index contributed by atoms with van der Waals surface area (Å²) in [6, 6.07) is 7.75. The van der Waals surface area contributed by atoms with Crippen molar-refractivity contribution in [3.8, 4) is 0 Å². The van der Waals surface area contributed by atoms with E-state index >= 15 is 0 Å². The molecule has 0 saturated heterocycles. The number of carboxylic acid groups (broad SMARTS) is 1. The molecule has 4 saturated carbocycles. The molecule has 1 aromatic heterocycles. The minimum Gasteiger partial charge on any atom is -0.478 e. The number of benzene rings is 1. The van der Waals surface area contributed by atoms with E-state index in [2.05, 4.69) is 10.1 Å². The second-order valence-corrected chi connectivity index (χ2v) is 10.9. The molecular weight excluding hydrogens is 442 g/mol. The van der Waals surface area contributed by atoms with Crippen molar-refractivity contribution in [1.82, 2.24) is 10.1 Å². The van der Waals surface area contributed by atoms with Crippen LogP contribution in [-0.4, -0.2) is 33.7 Å². The highest BCUT2D eigenvalue weighted by Crippen LogP contribution is 2.57. The molecule has 1 amide bonds. The number of nitrogens with zero attached hydrogens (tertiary/aromatic N) is 3. The molecule has 186 valence electrons. The maximum absolute atomic E-state index is 13.9. The van der Waals surface area contributed by atoms with Gasteiger partial charge in [-0.25, -0.2) is 4.79 Å². The molecule has 35 heavy (non-hydrogen) atoms. The van der Waals surface area contributed by atoms with Gasteiger partial charge in [-0.1, -0.05) is 36.6 Å². The van der Waals surface area contributed by atoms with Gasteiger partial charge < -0.3 is 14.5 Å². The second-order valence-electron chi connectivity index (χ2n) is 10.9. The van der Waals surface area contributed by atoms with Crippen LogP contribution in [0.2, 0.25) is 0 Å². The summed E-state index contributed by atoms with van der Waals surface area (Å²) in [5, 5.41) is 13.3. The molecule has 0 spiro atoms. The summed E-state index contributed by atoms with van der Waals surface area (Å²) >= 11 is 0. The Kier molecular flexibility index (Phi) is 6.51. The molecule has 1 N–H and O–H groups in total. The highest BCUT2D eigenvalue weighted by atomic mass is 16.5. The predicted octanol–water partition coefficient (Wildman–Crippen LogP) is 5.68. The van der Waals surface area contributed by atoms with Crippen molar-refractivity contribution in [1.29, 1.82) is 0 Å². The number of rotatable bonds is 7. The lowest BCUT2D eigenvalue weighted by Gasteiger charge is -2.53. The monoisotopic (exact) mass is 477 g/mol. The van der Waals surface area contributed by atoms with Crippen LogP contribution in [0, 0.1) is 18.3 Å².